The van der Waals surface area contributed by atoms with Gasteiger partial charge in [-0.15, -0.1) is 0 Å². The van der Waals surface area contributed by atoms with Gasteiger partial charge in [0, 0.05) is 13.1 Å². The minimum absolute atomic E-state index is 0.0218. The molecule has 1 amide bonds. The number of hydrogen-bond acceptors (Lipinski definition) is 5. The summed E-state index contributed by atoms with van der Waals surface area (Å²) in [7, 11) is 1.42. The summed E-state index contributed by atoms with van der Waals surface area (Å²) < 4.78 is 10.5. The maximum atomic E-state index is 12.9. The Balaban J connectivity index is 1.75. The van der Waals surface area contributed by atoms with Crippen LogP contribution in [0.5, 0.6) is 11.5 Å². The molecule has 0 fully saturated rings. The molecule has 0 bridgehead atoms. The molecule has 0 aliphatic heterocycles. The lowest BCUT2D eigenvalue weighted by atomic mass is 10.1. The van der Waals surface area contributed by atoms with Crippen molar-refractivity contribution >= 4 is 11.6 Å². The first-order chi connectivity index (χ1) is 14.6. The van der Waals surface area contributed by atoms with Gasteiger partial charge in [-0.3, -0.25) is 14.9 Å². The van der Waals surface area contributed by atoms with Crippen molar-refractivity contribution in [3.05, 3.63) is 100 Å². The Kier molecular flexibility index (Phi) is 7.00. The highest BCUT2D eigenvalue weighted by atomic mass is 16.6. The number of carbonyl (C=O) groups is 1. The fourth-order valence-corrected chi connectivity index (χ4v) is 2.96. The molecule has 0 N–H and O–H groups in total. The van der Waals surface area contributed by atoms with E-state index in [2.05, 4.69) is 0 Å². The molecule has 154 valence electrons. The zero-order valence-corrected chi connectivity index (χ0v) is 16.6. The Bertz CT molecular complexity index is 951. The van der Waals surface area contributed by atoms with Gasteiger partial charge in [0.05, 0.1) is 18.1 Å². The second kappa shape index (κ2) is 10.1. The highest BCUT2D eigenvalue weighted by Gasteiger charge is 2.20. The summed E-state index contributed by atoms with van der Waals surface area (Å²) in [6, 6.07) is 23.5. The Hall–Kier alpha value is -3.87. The van der Waals surface area contributed by atoms with Crippen LogP contribution in [0.15, 0.2) is 78.9 Å². The van der Waals surface area contributed by atoms with E-state index >= 15 is 0 Å². The van der Waals surface area contributed by atoms with Gasteiger partial charge in [-0.1, -0.05) is 60.7 Å². The normalized spacial score (nSPS) is 10.3. The molecular weight excluding hydrogens is 384 g/mol. The zero-order valence-electron chi connectivity index (χ0n) is 16.6. The predicted molar refractivity (Wildman–Crippen MR) is 112 cm³/mol. The quantitative estimate of drug-likeness (QED) is 0.393. The number of nitro groups is 1. The number of rotatable bonds is 9. The number of nitro benzene ring substituents is 1. The monoisotopic (exact) mass is 406 g/mol. The first-order valence-electron chi connectivity index (χ1n) is 9.37. The summed E-state index contributed by atoms with van der Waals surface area (Å²) in [5.41, 5.74) is 1.72. The Morgan fingerprint density at radius 1 is 0.933 bits per heavy atom. The average Bonchev–Trinajstić information content (AvgIpc) is 2.78. The fraction of sp³-hybridized carbons (Fsp3) is 0.174. The van der Waals surface area contributed by atoms with Crippen molar-refractivity contribution in [1.82, 2.24) is 4.90 Å². The van der Waals surface area contributed by atoms with Crippen LogP contribution in [0.4, 0.5) is 5.69 Å². The van der Waals surface area contributed by atoms with Gasteiger partial charge in [-0.25, -0.2) is 0 Å². The molecule has 0 unspecified atom stereocenters. The molecule has 3 rings (SSSR count). The largest absolute Gasteiger partial charge is 0.496 e. The van der Waals surface area contributed by atoms with Crippen LogP contribution >= 0.6 is 0 Å². The van der Waals surface area contributed by atoms with Gasteiger partial charge < -0.3 is 14.4 Å². The molecule has 0 spiro atoms. The molecule has 0 aliphatic carbocycles. The van der Waals surface area contributed by atoms with Gasteiger partial charge in [0.1, 0.15) is 5.75 Å². The lowest BCUT2D eigenvalue weighted by molar-refractivity contribution is -0.385. The van der Waals surface area contributed by atoms with Gasteiger partial charge in [-0.2, -0.15) is 0 Å². The third-order valence-electron chi connectivity index (χ3n) is 4.50. The highest BCUT2D eigenvalue weighted by Crippen LogP contribution is 2.31. The van der Waals surface area contributed by atoms with E-state index in [9.17, 15) is 14.9 Å². The summed E-state index contributed by atoms with van der Waals surface area (Å²) >= 11 is 0. The van der Waals surface area contributed by atoms with Crippen LogP contribution in [0.3, 0.4) is 0 Å². The number of benzene rings is 3. The number of hydrogen-bond donors (Lipinski definition) is 0. The standard InChI is InChI=1S/C23H22N2O5/c1-29-20-12-13-22(21(14-20)25(27)28)30-17-23(26)24(15-18-8-4-2-5-9-18)16-19-10-6-3-7-11-19/h2-14H,15-17H2,1H3. The first-order valence-corrected chi connectivity index (χ1v) is 9.37. The number of ether oxygens (including phenoxy) is 2. The Morgan fingerprint density at radius 2 is 1.50 bits per heavy atom. The number of amides is 1. The molecule has 0 saturated carbocycles. The van der Waals surface area contributed by atoms with E-state index in [1.165, 1.54) is 19.2 Å². The van der Waals surface area contributed by atoms with Gasteiger partial charge in [-0.05, 0) is 23.3 Å². The minimum Gasteiger partial charge on any atom is -0.496 e. The number of nitrogens with zero attached hydrogens (tertiary/aromatic N) is 2. The predicted octanol–water partition coefficient (Wildman–Crippen LogP) is 4.21. The van der Waals surface area contributed by atoms with Crippen LogP contribution in [0.2, 0.25) is 0 Å². The SMILES string of the molecule is COc1ccc(OCC(=O)N(Cc2ccccc2)Cc2ccccc2)c([N+](=O)[O-])c1. The summed E-state index contributed by atoms with van der Waals surface area (Å²) in [5, 5.41) is 11.3. The van der Waals surface area contributed by atoms with Crippen molar-refractivity contribution in [2.45, 2.75) is 13.1 Å². The Labute approximate surface area is 174 Å². The molecule has 3 aromatic rings. The summed E-state index contributed by atoms with van der Waals surface area (Å²) in [6.45, 7) is 0.498. The molecule has 7 heteroatoms. The van der Waals surface area contributed by atoms with E-state index in [0.29, 0.717) is 18.8 Å². The van der Waals surface area contributed by atoms with E-state index in [-0.39, 0.29) is 24.0 Å². The molecule has 0 atom stereocenters. The van der Waals surface area contributed by atoms with Crippen LogP contribution in [0.1, 0.15) is 11.1 Å². The Morgan fingerprint density at radius 3 is 2.00 bits per heavy atom. The smallest absolute Gasteiger partial charge is 0.314 e. The third kappa shape index (κ3) is 5.57. The van der Waals surface area contributed by atoms with E-state index in [1.807, 2.05) is 60.7 Å². The van der Waals surface area contributed by atoms with Crippen LogP contribution in [-0.4, -0.2) is 29.4 Å². The lowest BCUT2D eigenvalue weighted by Crippen LogP contribution is -2.34. The molecule has 0 radical (unpaired) electrons. The van der Waals surface area contributed by atoms with Crippen molar-refractivity contribution in [3.63, 3.8) is 0 Å². The maximum Gasteiger partial charge on any atom is 0.314 e. The van der Waals surface area contributed by atoms with E-state index in [1.54, 1.807) is 11.0 Å². The molecule has 0 saturated heterocycles. The molecule has 0 heterocycles. The molecule has 3 aromatic carbocycles. The second-order valence-electron chi connectivity index (χ2n) is 6.60. The van der Waals surface area contributed by atoms with E-state index in [0.717, 1.165) is 11.1 Å². The van der Waals surface area contributed by atoms with Crippen molar-refractivity contribution in [3.8, 4) is 11.5 Å². The van der Waals surface area contributed by atoms with Crippen molar-refractivity contribution < 1.29 is 19.2 Å². The van der Waals surface area contributed by atoms with Crippen molar-refractivity contribution in [1.29, 1.82) is 0 Å². The van der Waals surface area contributed by atoms with Crippen molar-refractivity contribution in [2.24, 2.45) is 0 Å². The van der Waals surface area contributed by atoms with Crippen LogP contribution in [0, 0.1) is 10.1 Å². The van der Waals surface area contributed by atoms with Crippen LogP contribution < -0.4 is 9.47 Å². The van der Waals surface area contributed by atoms with Gasteiger partial charge in [0.25, 0.3) is 5.91 Å². The fourth-order valence-electron chi connectivity index (χ4n) is 2.96. The second-order valence-corrected chi connectivity index (χ2v) is 6.60. The first kappa shape index (κ1) is 20.9. The molecule has 0 aromatic heterocycles. The van der Waals surface area contributed by atoms with Crippen LogP contribution in [-0.2, 0) is 17.9 Å². The molecular formula is C23H22N2O5. The van der Waals surface area contributed by atoms with E-state index in [4.69, 9.17) is 9.47 Å². The molecule has 7 nitrogen and oxygen atoms in total. The number of carbonyl (C=O) groups excluding carboxylic acids is 1. The van der Waals surface area contributed by atoms with Gasteiger partial charge in [0.15, 0.2) is 12.4 Å². The average molecular weight is 406 g/mol. The van der Waals surface area contributed by atoms with Gasteiger partial charge >= 0.3 is 5.69 Å². The summed E-state index contributed by atoms with van der Waals surface area (Å²) in [4.78, 5) is 25.4. The topological polar surface area (TPSA) is 81.9 Å². The third-order valence-corrected chi connectivity index (χ3v) is 4.50. The summed E-state index contributed by atoms with van der Waals surface area (Å²) in [6.07, 6.45) is 0. The van der Waals surface area contributed by atoms with E-state index < -0.39 is 4.92 Å². The van der Waals surface area contributed by atoms with Crippen molar-refractivity contribution in [2.75, 3.05) is 13.7 Å². The van der Waals surface area contributed by atoms with Gasteiger partial charge in [0.2, 0.25) is 0 Å². The maximum absolute atomic E-state index is 12.9. The molecule has 30 heavy (non-hydrogen) atoms. The number of methoxy groups -OCH3 is 1. The lowest BCUT2D eigenvalue weighted by Gasteiger charge is -2.23. The van der Waals surface area contributed by atoms with Crippen LogP contribution in [0.25, 0.3) is 0 Å². The summed E-state index contributed by atoms with van der Waals surface area (Å²) in [5.74, 6) is 0.0940. The zero-order chi connectivity index (χ0) is 21.3. The highest BCUT2D eigenvalue weighted by molar-refractivity contribution is 5.78. The molecule has 0 aliphatic rings. The minimum atomic E-state index is -0.561.